The first-order valence-corrected chi connectivity index (χ1v) is 11.3. The van der Waals surface area contributed by atoms with E-state index in [-0.39, 0.29) is 16.6 Å². The van der Waals surface area contributed by atoms with Crippen molar-refractivity contribution in [2.75, 3.05) is 5.32 Å². The van der Waals surface area contributed by atoms with Crippen LogP contribution in [0, 0.1) is 0 Å². The molecule has 2 rings (SSSR count). The van der Waals surface area contributed by atoms with Gasteiger partial charge < -0.3 is 15.4 Å². The van der Waals surface area contributed by atoms with Gasteiger partial charge in [-0.2, -0.15) is 13.5 Å². The number of ether oxygens (including phenoxy) is 1. The van der Waals surface area contributed by atoms with Crippen LogP contribution in [0.15, 0.2) is 53.4 Å². The van der Waals surface area contributed by atoms with E-state index in [0.717, 1.165) is 0 Å². The summed E-state index contributed by atoms with van der Waals surface area (Å²) in [6, 6.07) is 9.71. The number of sulfonamides is 1. The molecule has 0 saturated heterocycles. The van der Waals surface area contributed by atoms with Gasteiger partial charge in [0.05, 0.1) is 17.0 Å². The molecule has 1 unspecified atom stereocenters. The van der Waals surface area contributed by atoms with E-state index in [1.807, 2.05) is 0 Å². The Labute approximate surface area is 185 Å². The molecular formula is C21H25F2N3O5S. The minimum atomic E-state index is -4.03. The molecule has 0 heterocycles. The fraction of sp³-hybridized carbons (Fsp3) is 0.333. The average molecular weight is 470 g/mol. The molecule has 0 aliphatic carbocycles. The highest BCUT2D eigenvalue weighted by atomic mass is 32.2. The summed E-state index contributed by atoms with van der Waals surface area (Å²) in [5, 5.41) is 5.19. The minimum Gasteiger partial charge on any atom is -0.434 e. The summed E-state index contributed by atoms with van der Waals surface area (Å²) in [5.74, 6) is -1.00. The number of benzene rings is 2. The highest BCUT2D eigenvalue weighted by Gasteiger charge is 2.25. The lowest BCUT2D eigenvalue weighted by atomic mass is 10.0. The van der Waals surface area contributed by atoms with Crippen LogP contribution in [0.3, 0.4) is 0 Å². The van der Waals surface area contributed by atoms with E-state index in [1.165, 1.54) is 50.2 Å². The Kier molecular flexibility index (Phi) is 8.67. The fourth-order valence-corrected chi connectivity index (χ4v) is 4.15. The van der Waals surface area contributed by atoms with Gasteiger partial charge in [0.2, 0.25) is 21.8 Å². The van der Waals surface area contributed by atoms with Crippen LogP contribution >= 0.6 is 0 Å². The Bertz CT molecular complexity index is 1050. The quantitative estimate of drug-likeness (QED) is 0.495. The molecular weight excluding hydrogens is 444 g/mol. The molecule has 32 heavy (non-hydrogen) atoms. The van der Waals surface area contributed by atoms with Gasteiger partial charge in [0, 0.05) is 18.2 Å². The van der Waals surface area contributed by atoms with Gasteiger partial charge in [-0.3, -0.25) is 9.59 Å². The summed E-state index contributed by atoms with van der Waals surface area (Å²) in [4.78, 5) is 23.6. The van der Waals surface area contributed by atoms with E-state index in [2.05, 4.69) is 20.1 Å². The predicted molar refractivity (Wildman–Crippen MR) is 115 cm³/mol. The van der Waals surface area contributed by atoms with E-state index in [9.17, 15) is 26.8 Å². The average Bonchev–Trinajstić information content (AvgIpc) is 2.71. The third kappa shape index (κ3) is 6.99. The maximum Gasteiger partial charge on any atom is 0.387 e. The summed E-state index contributed by atoms with van der Waals surface area (Å²) in [5.41, 5.74) is 0.782. The van der Waals surface area contributed by atoms with Crippen LogP contribution in [0.25, 0.3) is 0 Å². The number of anilines is 1. The van der Waals surface area contributed by atoms with Crippen molar-refractivity contribution in [3.8, 4) is 5.75 Å². The molecule has 11 heteroatoms. The third-order valence-electron chi connectivity index (χ3n) is 4.45. The maximum absolute atomic E-state index is 12.7. The Morgan fingerprint density at radius 2 is 1.69 bits per heavy atom. The summed E-state index contributed by atoms with van der Waals surface area (Å²) in [6.07, 6.45) is 0.361. The van der Waals surface area contributed by atoms with Crippen LogP contribution < -0.4 is 20.1 Å². The Hall–Kier alpha value is -3.05. The number of rotatable bonds is 10. The predicted octanol–water partition coefficient (Wildman–Crippen LogP) is 3.18. The molecule has 0 fully saturated rings. The number of carbonyl (C=O) groups is 2. The van der Waals surface area contributed by atoms with Gasteiger partial charge in [-0.1, -0.05) is 25.1 Å². The lowest BCUT2D eigenvalue weighted by molar-refractivity contribution is -0.123. The van der Waals surface area contributed by atoms with E-state index in [0.29, 0.717) is 17.7 Å². The molecule has 2 aromatic carbocycles. The molecule has 3 N–H and O–H groups in total. The fourth-order valence-electron chi connectivity index (χ4n) is 2.94. The molecule has 0 aliphatic rings. The number of hydrogen-bond donors (Lipinski definition) is 3. The van der Waals surface area contributed by atoms with Gasteiger partial charge in [0.15, 0.2) is 0 Å². The molecule has 8 nitrogen and oxygen atoms in total. The van der Waals surface area contributed by atoms with E-state index in [4.69, 9.17) is 0 Å². The minimum absolute atomic E-state index is 0.0675. The standard InChI is InChI=1S/C21H25F2N3O5S/c1-4-18(17-7-5-6-8-19(17)31-21(22)23)25-20(28)13(2)26-32(29,30)16-11-9-15(10-12-16)24-14(3)27/h5-13,18,21,26H,4H2,1-3H3,(H,24,27)(H,25,28)/t13-,18?/m0/s1. The SMILES string of the molecule is CCC(NC(=O)[C@H](C)NS(=O)(=O)c1ccc(NC(C)=O)cc1)c1ccccc1OC(F)F. The van der Waals surface area contributed by atoms with Gasteiger partial charge >= 0.3 is 6.61 Å². The van der Waals surface area contributed by atoms with Crippen molar-refractivity contribution in [1.82, 2.24) is 10.0 Å². The van der Waals surface area contributed by atoms with E-state index < -0.39 is 34.6 Å². The molecule has 0 aromatic heterocycles. The van der Waals surface area contributed by atoms with Gasteiger partial charge in [0.25, 0.3) is 0 Å². The number of hydrogen-bond acceptors (Lipinski definition) is 5. The van der Waals surface area contributed by atoms with E-state index >= 15 is 0 Å². The van der Waals surface area contributed by atoms with Crippen LogP contribution in [0.2, 0.25) is 0 Å². The number of carbonyl (C=O) groups excluding carboxylic acids is 2. The molecule has 2 amide bonds. The summed E-state index contributed by atoms with van der Waals surface area (Å²) in [6.45, 7) is 1.42. The summed E-state index contributed by atoms with van der Waals surface area (Å²) >= 11 is 0. The molecule has 0 radical (unpaired) electrons. The van der Waals surface area contributed by atoms with Crippen molar-refractivity contribution < 1.29 is 31.5 Å². The van der Waals surface area contributed by atoms with Crippen molar-refractivity contribution in [1.29, 1.82) is 0 Å². The van der Waals surface area contributed by atoms with Crippen LogP contribution in [0.4, 0.5) is 14.5 Å². The van der Waals surface area contributed by atoms with Crippen molar-refractivity contribution >= 4 is 27.5 Å². The van der Waals surface area contributed by atoms with Crippen LogP contribution in [0.5, 0.6) is 5.75 Å². The van der Waals surface area contributed by atoms with Crippen molar-refractivity contribution in [3.05, 3.63) is 54.1 Å². The highest BCUT2D eigenvalue weighted by Crippen LogP contribution is 2.28. The summed E-state index contributed by atoms with van der Waals surface area (Å²) in [7, 11) is -4.03. The van der Waals surface area contributed by atoms with Gasteiger partial charge in [-0.05, 0) is 43.7 Å². The first-order chi connectivity index (χ1) is 15.0. The number of halogens is 2. The van der Waals surface area contributed by atoms with Gasteiger partial charge in [0.1, 0.15) is 5.75 Å². The smallest absolute Gasteiger partial charge is 0.387 e. The molecule has 2 aromatic rings. The monoisotopic (exact) mass is 469 g/mol. The lowest BCUT2D eigenvalue weighted by Crippen LogP contribution is -2.45. The second-order valence-corrected chi connectivity index (χ2v) is 8.65. The van der Waals surface area contributed by atoms with E-state index in [1.54, 1.807) is 19.1 Å². The number of amides is 2. The second kappa shape index (κ2) is 11.0. The lowest BCUT2D eigenvalue weighted by Gasteiger charge is -2.23. The molecule has 0 saturated carbocycles. The molecule has 174 valence electrons. The zero-order valence-corrected chi connectivity index (χ0v) is 18.6. The zero-order chi connectivity index (χ0) is 23.9. The number of alkyl halides is 2. The van der Waals surface area contributed by atoms with Gasteiger partial charge in [-0.25, -0.2) is 8.42 Å². The summed E-state index contributed by atoms with van der Waals surface area (Å²) < 4.78 is 57.4. The normalized spacial score (nSPS) is 13.3. The number of para-hydroxylation sites is 1. The first-order valence-electron chi connectivity index (χ1n) is 9.77. The molecule has 2 atom stereocenters. The van der Waals surface area contributed by atoms with Crippen LogP contribution in [-0.2, 0) is 19.6 Å². The first kappa shape index (κ1) is 25.2. The maximum atomic E-state index is 12.7. The Morgan fingerprint density at radius 1 is 1.06 bits per heavy atom. The molecule has 0 spiro atoms. The zero-order valence-electron chi connectivity index (χ0n) is 17.8. The van der Waals surface area contributed by atoms with Gasteiger partial charge in [-0.15, -0.1) is 0 Å². The second-order valence-electron chi connectivity index (χ2n) is 6.93. The largest absolute Gasteiger partial charge is 0.434 e. The molecule has 0 aliphatic heterocycles. The van der Waals surface area contributed by atoms with Crippen LogP contribution in [0.1, 0.15) is 38.8 Å². The topological polar surface area (TPSA) is 114 Å². The van der Waals surface area contributed by atoms with Crippen LogP contribution in [-0.4, -0.2) is 32.9 Å². The number of nitrogens with one attached hydrogen (secondary N) is 3. The Balaban J connectivity index is 2.10. The highest BCUT2D eigenvalue weighted by molar-refractivity contribution is 7.89. The van der Waals surface area contributed by atoms with Crippen molar-refractivity contribution in [2.24, 2.45) is 0 Å². The van der Waals surface area contributed by atoms with Crippen molar-refractivity contribution in [2.45, 2.75) is 50.8 Å². The van der Waals surface area contributed by atoms with Crippen molar-refractivity contribution in [3.63, 3.8) is 0 Å². The Morgan fingerprint density at radius 3 is 2.25 bits per heavy atom. The third-order valence-corrected chi connectivity index (χ3v) is 6.00. The molecule has 0 bridgehead atoms.